The van der Waals surface area contributed by atoms with E-state index >= 15 is 0 Å². The van der Waals surface area contributed by atoms with Gasteiger partial charge in [-0.2, -0.15) is 5.10 Å². The van der Waals surface area contributed by atoms with E-state index in [2.05, 4.69) is 45.3 Å². The molecule has 0 radical (unpaired) electrons. The summed E-state index contributed by atoms with van der Waals surface area (Å²) in [5, 5.41) is 11.7. The van der Waals surface area contributed by atoms with Gasteiger partial charge >= 0.3 is 0 Å². The third-order valence-corrected chi connectivity index (χ3v) is 5.04. The molecule has 7 nitrogen and oxygen atoms in total. The van der Waals surface area contributed by atoms with Crippen LogP contribution in [-0.4, -0.2) is 38.2 Å². The van der Waals surface area contributed by atoms with E-state index in [1.165, 1.54) is 11.3 Å². The normalized spacial score (nSPS) is 16.7. The Morgan fingerprint density at radius 3 is 2.93 bits per heavy atom. The van der Waals surface area contributed by atoms with E-state index in [1.807, 2.05) is 35.0 Å². The minimum atomic E-state index is 0. The van der Waals surface area contributed by atoms with Crippen molar-refractivity contribution in [2.24, 2.45) is 4.99 Å². The quantitative estimate of drug-likeness (QED) is 0.333. The van der Waals surface area contributed by atoms with Gasteiger partial charge in [-0.1, -0.05) is 6.07 Å². The molecule has 0 saturated heterocycles. The highest BCUT2D eigenvalue weighted by Gasteiger charge is 2.23. The molecular formula is C20H28IN7. The molecule has 1 atom stereocenters. The number of halogens is 1. The van der Waals surface area contributed by atoms with Crippen molar-refractivity contribution in [3.05, 3.63) is 53.7 Å². The monoisotopic (exact) mass is 493 g/mol. The predicted octanol–water partition coefficient (Wildman–Crippen LogP) is 2.95. The first-order valence-electron chi connectivity index (χ1n) is 9.59. The summed E-state index contributed by atoms with van der Waals surface area (Å²) in [5.74, 6) is 0.809. The Morgan fingerprint density at radius 2 is 2.18 bits per heavy atom. The van der Waals surface area contributed by atoms with Crippen LogP contribution in [0.5, 0.6) is 0 Å². The highest BCUT2D eigenvalue weighted by molar-refractivity contribution is 14.0. The molecular weight excluding hydrogens is 465 g/mol. The topological polar surface area (TPSA) is 71.5 Å². The molecule has 1 unspecified atom stereocenters. The number of guanidine groups is 1. The molecule has 1 aliphatic carbocycles. The summed E-state index contributed by atoms with van der Waals surface area (Å²) in [4.78, 5) is 8.99. The van der Waals surface area contributed by atoms with Crippen LogP contribution in [0.3, 0.4) is 0 Å². The number of nitrogens with zero attached hydrogens (tertiary/aromatic N) is 5. The van der Waals surface area contributed by atoms with Crippen molar-refractivity contribution in [3.8, 4) is 0 Å². The Morgan fingerprint density at radius 1 is 1.32 bits per heavy atom. The molecule has 0 aromatic carbocycles. The van der Waals surface area contributed by atoms with Gasteiger partial charge in [0.1, 0.15) is 5.65 Å². The van der Waals surface area contributed by atoms with Crippen LogP contribution in [0.15, 0.2) is 41.8 Å². The maximum Gasteiger partial charge on any atom is 0.191 e. The highest BCUT2D eigenvalue weighted by atomic mass is 127. The number of aliphatic imine (C=N–C) groups is 1. The lowest BCUT2D eigenvalue weighted by Gasteiger charge is -2.24. The fourth-order valence-electron chi connectivity index (χ4n) is 3.53. The molecule has 4 rings (SSSR count). The second kappa shape index (κ2) is 8.93. The molecule has 0 spiro atoms. The molecule has 0 saturated carbocycles. The number of hydrogen-bond acceptors (Lipinski definition) is 3. The van der Waals surface area contributed by atoms with Gasteiger partial charge in [0.05, 0.1) is 17.9 Å². The second-order valence-corrected chi connectivity index (χ2v) is 7.38. The first kappa shape index (κ1) is 20.6. The van der Waals surface area contributed by atoms with E-state index in [0.29, 0.717) is 18.6 Å². The van der Waals surface area contributed by atoms with Crippen LogP contribution in [0.25, 0.3) is 5.65 Å². The van der Waals surface area contributed by atoms with E-state index in [9.17, 15) is 0 Å². The number of nitrogens with one attached hydrogen (secondary N) is 2. The van der Waals surface area contributed by atoms with Crippen molar-refractivity contribution >= 4 is 35.6 Å². The van der Waals surface area contributed by atoms with Crippen molar-refractivity contribution in [1.29, 1.82) is 0 Å². The lowest BCUT2D eigenvalue weighted by Crippen LogP contribution is -2.45. The van der Waals surface area contributed by atoms with Gasteiger partial charge in [0, 0.05) is 44.1 Å². The molecule has 3 aromatic heterocycles. The standard InChI is InChI=1S/C20H27N7.HI/c1-14(2)27-12-15-7-8-16(10-18(15)25-27)24-20(21-3)22-11-17-13-26-9-5-4-6-19(26)23-17;/h4-6,9,12-14,16H,7-8,10-11H2,1-3H3,(H2,21,22,24);1H. The summed E-state index contributed by atoms with van der Waals surface area (Å²) < 4.78 is 4.10. The Labute approximate surface area is 182 Å². The van der Waals surface area contributed by atoms with Gasteiger partial charge < -0.3 is 15.0 Å². The third-order valence-electron chi connectivity index (χ3n) is 5.04. The minimum Gasteiger partial charge on any atom is -0.353 e. The van der Waals surface area contributed by atoms with Crippen LogP contribution < -0.4 is 10.6 Å². The van der Waals surface area contributed by atoms with Gasteiger partial charge in [0.25, 0.3) is 0 Å². The highest BCUT2D eigenvalue weighted by Crippen LogP contribution is 2.21. The zero-order valence-corrected chi connectivity index (χ0v) is 18.9. The van der Waals surface area contributed by atoms with Gasteiger partial charge in [-0.05, 0) is 44.4 Å². The number of hydrogen-bond donors (Lipinski definition) is 2. The maximum absolute atomic E-state index is 4.76. The first-order chi connectivity index (χ1) is 13.1. The molecule has 2 N–H and O–H groups in total. The Bertz CT molecular complexity index is 924. The summed E-state index contributed by atoms with van der Waals surface area (Å²) in [5.41, 5.74) is 4.54. The number of aromatic nitrogens is 4. The van der Waals surface area contributed by atoms with Crippen molar-refractivity contribution in [3.63, 3.8) is 0 Å². The minimum absolute atomic E-state index is 0. The average Bonchev–Trinajstić information content (AvgIpc) is 3.28. The lowest BCUT2D eigenvalue weighted by molar-refractivity contribution is 0.499. The van der Waals surface area contributed by atoms with Crippen LogP contribution in [0.4, 0.5) is 0 Å². The van der Waals surface area contributed by atoms with E-state index in [0.717, 1.165) is 36.6 Å². The fourth-order valence-corrected chi connectivity index (χ4v) is 3.53. The van der Waals surface area contributed by atoms with Crippen molar-refractivity contribution < 1.29 is 0 Å². The zero-order chi connectivity index (χ0) is 18.8. The summed E-state index contributed by atoms with van der Waals surface area (Å²) >= 11 is 0. The van der Waals surface area contributed by atoms with Gasteiger partial charge in [-0.25, -0.2) is 4.98 Å². The van der Waals surface area contributed by atoms with Crippen molar-refractivity contribution in [1.82, 2.24) is 29.8 Å². The van der Waals surface area contributed by atoms with E-state index in [-0.39, 0.29) is 24.0 Å². The molecule has 0 bridgehead atoms. The van der Waals surface area contributed by atoms with Crippen LogP contribution in [0.2, 0.25) is 0 Å². The second-order valence-electron chi connectivity index (χ2n) is 7.38. The van der Waals surface area contributed by atoms with Gasteiger partial charge in [0.15, 0.2) is 5.96 Å². The molecule has 150 valence electrons. The Hall–Kier alpha value is -2.10. The number of fused-ring (bicyclic) bond motifs is 2. The summed E-state index contributed by atoms with van der Waals surface area (Å²) in [6.07, 6.45) is 9.33. The first-order valence-corrected chi connectivity index (χ1v) is 9.59. The number of imidazole rings is 1. The molecule has 0 amide bonds. The summed E-state index contributed by atoms with van der Waals surface area (Å²) in [6.45, 7) is 4.97. The number of rotatable bonds is 4. The lowest BCUT2D eigenvalue weighted by atomic mass is 9.94. The number of aryl methyl sites for hydroxylation is 1. The van der Waals surface area contributed by atoms with Crippen LogP contribution >= 0.6 is 24.0 Å². The molecule has 1 aliphatic rings. The maximum atomic E-state index is 4.76. The largest absolute Gasteiger partial charge is 0.353 e. The molecule has 3 heterocycles. The van der Waals surface area contributed by atoms with Crippen LogP contribution in [-0.2, 0) is 19.4 Å². The smallest absolute Gasteiger partial charge is 0.191 e. The summed E-state index contributed by atoms with van der Waals surface area (Å²) in [6, 6.07) is 6.76. The molecule has 3 aromatic rings. The predicted molar refractivity (Wildman–Crippen MR) is 122 cm³/mol. The van der Waals surface area contributed by atoms with E-state index in [4.69, 9.17) is 5.10 Å². The van der Waals surface area contributed by atoms with Crippen LogP contribution in [0, 0.1) is 0 Å². The van der Waals surface area contributed by atoms with Gasteiger partial charge in [0.2, 0.25) is 0 Å². The number of pyridine rings is 1. The molecule has 0 fully saturated rings. The Kier molecular flexibility index (Phi) is 6.58. The van der Waals surface area contributed by atoms with Crippen molar-refractivity contribution in [2.75, 3.05) is 7.05 Å². The third kappa shape index (κ3) is 4.48. The van der Waals surface area contributed by atoms with Gasteiger partial charge in [-0.15, -0.1) is 24.0 Å². The van der Waals surface area contributed by atoms with E-state index < -0.39 is 0 Å². The van der Waals surface area contributed by atoms with Crippen LogP contribution in [0.1, 0.15) is 43.3 Å². The fraction of sp³-hybridized carbons (Fsp3) is 0.450. The summed E-state index contributed by atoms with van der Waals surface area (Å²) in [7, 11) is 1.81. The van der Waals surface area contributed by atoms with Crippen molar-refractivity contribution in [2.45, 2.75) is 51.7 Å². The van der Waals surface area contributed by atoms with E-state index in [1.54, 1.807) is 7.05 Å². The SMILES string of the molecule is CN=C(NCc1cn2ccccc2n1)NC1CCc2cn(C(C)C)nc2C1.I. The molecule has 28 heavy (non-hydrogen) atoms. The zero-order valence-electron chi connectivity index (χ0n) is 16.6. The van der Waals surface area contributed by atoms with Gasteiger partial charge in [-0.3, -0.25) is 9.67 Å². The Balaban J connectivity index is 0.00000225. The molecule has 0 aliphatic heterocycles. The average molecular weight is 493 g/mol. The molecule has 8 heteroatoms.